The second-order valence-electron chi connectivity index (χ2n) is 5.11. The Bertz CT molecular complexity index is 699. The van der Waals surface area contributed by atoms with E-state index in [4.69, 9.17) is 14.2 Å². The number of aryl methyl sites for hydroxylation is 1. The number of hydrogen-bond acceptors (Lipinski definition) is 6. The fraction of sp³-hybridized carbons (Fsp3) is 0.333. The van der Waals surface area contributed by atoms with Crippen LogP contribution in [0.25, 0.3) is 0 Å². The third kappa shape index (κ3) is 4.16. The average Bonchev–Trinajstić information content (AvgIpc) is 2.59. The third-order valence-corrected chi connectivity index (χ3v) is 3.43. The van der Waals surface area contributed by atoms with Gasteiger partial charge >= 0.3 is 5.97 Å². The highest BCUT2D eigenvalue weighted by Crippen LogP contribution is 2.27. The molecular weight excluding hydrogens is 308 g/mol. The summed E-state index contributed by atoms with van der Waals surface area (Å²) >= 11 is 0. The van der Waals surface area contributed by atoms with Crippen LogP contribution >= 0.6 is 0 Å². The van der Waals surface area contributed by atoms with Crippen molar-refractivity contribution in [2.45, 2.75) is 20.4 Å². The van der Waals surface area contributed by atoms with E-state index in [1.165, 1.54) is 7.11 Å². The minimum absolute atomic E-state index is 0.285. The molecule has 0 unspecified atom stereocenters. The normalized spacial score (nSPS) is 10.2. The molecule has 0 bridgehead atoms. The van der Waals surface area contributed by atoms with Gasteiger partial charge in [-0.2, -0.15) is 0 Å². The molecular formula is C18H22N2O4. The molecule has 128 valence electrons. The van der Waals surface area contributed by atoms with Gasteiger partial charge in [-0.3, -0.25) is 0 Å². The van der Waals surface area contributed by atoms with Crippen LogP contribution < -0.4 is 14.8 Å². The molecule has 1 heterocycles. The molecule has 0 saturated heterocycles. The van der Waals surface area contributed by atoms with Crippen LogP contribution in [0.1, 0.15) is 28.5 Å². The van der Waals surface area contributed by atoms with Crippen molar-refractivity contribution in [1.29, 1.82) is 0 Å². The first-order valence-electron chi connectivity index (χ1n) is 7.68. The average molecular weight is 330 g/mol. The van der Waals surface area contributed by atoms with Crippen LogP contribution in [0.15, 0.2) is 30.3 Å². The van der Waals surface area contributed by atoms with Gasteiger partial charge in [0.05, 0.1) is 20.8 Å². The van der Waals surface area contributed by atoms with Gasteiger partial charge in [-0.25, -0.2) is 9.78 Å². The number of hydrogen-bond donors (Lipinski definition) is 1. The lowest BCUT2D eigenvalue weighted by atomic mass is 10.2. The molecule has 6 heteroatoms. The van der Waals surface area contributed by atoms with E-state index in [1.54, 1.807) is 20.1 Å². The summed E-state index contributed by atoms with van der Waals surface area (Å²) in [6.45, 7) is 4.40. The lowest BCUT2D eigenvalue weighted by Gasteiger charge is -2.15. The second-order valence-corrected chi connectivity index (χ2v) is 5.11. The highest BCUT2D eigenvalue weighted by atomic mass is 16.5. The first-order valence-corrected chi connectivity index (χ1v) is 7.68. The molecule has 0 atom stereocenters. The Kier molecular flexibility index (Phi) is 6.01. The first-order chi connectivity index (χ1) is 11.6. The highest BCUT2D eigenvalue weighted by molar-refractivity contribution is 5.97. The van der Waals surface area contributed by atoms with Crippen molar-refractivity contribution in [3.05, 3.63) is 47.2 Å². The molecule has 0 spiro atoms. The van der Waals surface area contributed by atoms with Gasteiger partial charge in [0.25, 0.3) is 0 Å². The van der Waals surface area contributed by atoms with Crippen LogP contribution in [-0.4, -0.2) is 31.8 Å². The van der Waals surface area contributed by atoms with E-state index in [2.05, 4.69) is 10.3 Å². The molecule has 0 fully saturated rings. The zero-order chi connectivity index (χ0) is 17.5. The monoisotopic (exact) mass is 330 g/mol. The van der Waals surface area contributed by atoms with Gasteiger partial charge in [-0.05, 0) is 31.5 Å². The van der Waals surface area contributed by atoms with Gasteiger partial charge < -0.3 is 19.5 Å². The maximum absolute atomic E-state index is 12.3. The van der Waals surface area contributed by atoms with Crippen LogP contribution in [-0.2, 0) is 11.3 Å². The van der Waals surface area contributed by atoms with Crippen LogP contribution in [0, 0.1) is 6.92 Å². The van der Waals surface area contributed by atoms with Crippen molar-refractivity contribution in [3.63, 3.8) is 0 Å². The molecule has 0 radical (unpaired) electrons. The number of aromatic nitrogens is 1. The largest absolute Gasteiger partial charge is 0.497 e. The molecule has 6 nitrogen and oxygen atoms in total. The molecule has 0 aliphatic rings. The molecule has 0 amide bonds. The smallest absolute Gasteiger partial charge is 0.345 e. The summed E-state index contributed by atoms with van der Waals surface area (Å²) < 4.78 is 15.6. The molecule has 2 rings (SSSR count). The molecule has 0 aliphatic heterocycles. The summed E-state index contributed by atoms with van der Waals surface area (Å²) in [7, 11) is 3.15. The summed E-state index contributed by atoms with van der Waals surface area (Å²) in [6, 6.07) is 9.37. The predicted molar refractivity (Wildman–Crippen MR) is 91.8 cm³/mol. The fourth-order valence-corrected chi connectivity index (χ4v) is 2.26. The van der Waals surface area contributed by atoms with Gasteiger partial charge in [0.2, 0.25) is 0 Å². The lowest BCUT2D eigenvalue weighted by Crippen LogP contribution is -2.13. The lowest BCUT2D eigenvalue weighted by molar-refractivity contribution is 0.0523. The topological polar surface area (TPSA) is 69.7 Å². The Balaban J connectivity index is 2.26. The highest BCUT2D eigenvalue weighted by Gasteiger charge is 2.21. The zero-order valence-corrected chi connectivity index (χ0v) is 14.4. The van der Waals surface area contributed by atoms with Crippen molar-refractivity contribution < 1.29 is 19.0 Å². The van der Waals surface area contributed by atoms with Crippen molar-refractivity contribution in [3.8, 4) is 11.5 Å². The van der Waals surface area contributed by atoms with Gasteiger partial charge in [0, 0.05) is 18.3 Å². The number of ether oxygens (including phenoxy) is 3. The number of anilines is 1. The van der Waals surface area contributed by atoms with E-state index in [9.17, 15) is 4.79 Å². The molecule has 1 N–H and O–H groups in total. The fourth-order valence-electron chi connectivity index (χ4n) is 2.26. The van der Waals surface area contributed by atoms with Crippen molar-refractivity contribution in [1.82, 2.24) is 4.98 Å². The van der Waals surface area contributed by atoms with Gasteiger partial charge in [0.15, 0.2) is 0 Å². The van der Waals surface area contributed by atoms with Crippen LogP contribution in [0.3, 0.4) is 0 Å². The predicted octanol–water partition coefficient (Wildman–Crippen LogP) is 3.20. The van der Waals surface area contributed by atoms with E-state index >= 15 is 0 Å². The Labute approximate surface area is 141 Å². The van der Waals surface area contributed by atoms with Crippen LogP contribution in [0.2, 0.25) is 0 Å². The first kappa shape index (κ1) is 17.6. The number of benzene rings is 1. The standard InChI is InChI=1S/C18H22N2O4/c1-5-24-18(21)16-15(23-4)10-12(2)20-17(16)19-11-13-6-8-14(22-3)9-7-13/h6-10H,5,11H2,1-4H3,(H,19,20). The summed E-state index contributed by atoms with van der Waals surface area (Å²) in [5.41, 5.74) is 2.09. The molecule has 0 aliphatic carbocycles. The number of methoxy groups -OCH3 is 2. The third-order valence-electron chi connectivity index (χ3n) is 3.43. The number of rotatable bonds is 7. The number of carbonyl (C=O) groups is 1. The number of nitrogens with zero attached hydrogens (tertiary/aromatic N) is 1. The van der Waals surface area contributed by atoms with E-state index in [1.807, 2.05) is 31.2 Å². The van der Waals surface area contributed by atoms with Crippen LogP contribution in [0.5, 0.6) is 11.5 Å². The zero-order valence-electron chi connectivity index (χ0n) is 14.4. The SMILES string of the molecule is CCOC(=O)c1c(OC)cc(C)nc1NCc1ccc(OC)cc1. The minimum atomic E-state index is -0.459. The quantitative estimate of drug-likeness (QED) is 0.786. The summed E-state index contributed by atoms with van der Waals surface area (Å²) in [5.74, 6) is 1.22. The molecule has 1 aromatic carbocycles. The number of nitrogens with one attached hydrogen (secondary N) is 1. The number of pyridine rings is 1. The van der Waals surface area contributed by atoms with Crippen molar-refractivity contribution in [2.75, 3.05) is 26.1 Å². The van der Waals surface area contributed by atoms with E-state index in [0.29, 0.717) is 23.7 Å². The number of carbonyl (C=O) groups excluding carboxylic acids is 1. The number of esters is 1. The van der Waals surface area contributed by atoms with Crippen molar-refractivity contribution in [2.24, 2.45) is 0 Å². The van der Waals surface area contributed by atoms with Crippen molar-refractivity contribution >= 4 is 11.8 Å². The Morgan fingerprint density at radius 3 is 2.46 bits per heavy atom. The van der Waals surface area contributed by atoms with Gasteiger partial charge in [-0.15, -0.1) is 0 Å². The molecule has 1 aromatic heterocycles. The maximum atomic E-state index is 12.3. The molecule has 0 saturated carbocycles. The van der Waals surface area contributed by atoms with Gasteiger partial charge in [-0.1, -0.05) is 12.1 Å². The molecule has 24 heavy (non-hydrogen) atoms. The maximum Gasteiger partial charge on any atom is 0.345 e. The van der Waals surface area contributed by atoms with E-state index in [0.717, 1.165) is 17.0 Å². The Hall–Kier alpha value is -2.76. The Morgan fingerprint density at radius 2 is 1.88 bits per heavy atom. The Morgan fingerprint density at radius 1 is 1.17 bits per heavy atom. The van der Waals surface area contributed by atoms with E-state index < -0.39 is 5.97 Å². The molecule has 2 aromatic rings. The summed E-state index contributed by atoms with van der Waals surface area (Å²) in [5, 5.41) is 3.19. The summed E-state index contributed by atoms with van der Waals surface area (Å²) in [4.78, 5) is 16.7. The summed E-state index contributed by atoms with van der Waals surface area (Å²) in [6.07, 6.45) is 0. The van der Waals surface area contributed by atoms with E-state index in [-0.39, 0.29) is 6.61 Å². The minimum Gasteiger partial charge on any atom is -0.497 e. The van der Waals surface area contributed by atoms with Crippen LogP contribution in [0.4, 0.5) is 5.82 Å². The second kappa shape index (κ2) is 8.19. The van der Waals surface area contributed by atoms with Gasteiger partial charge in [0.1, 0.15) is 22.9 Å².